The van der Waals surface area contributed by atoms with Gasteiger partial charge in [0.15, 0.2) is 0 Å². The van der Waals surface area contributed by atoms with Crippen LogP contribution < -0.4 is 0 Å². The van der Waals surface area contributed by atoms with Crippen LogP contribution in [0.25, 0.3) is 5.52 Å². The monoisotopic (exact) mass is 246 g/mol. The lowest BCUT2D eigenvalue weighted by atomic mass is 9.90. The Balaban J connectivity index is 2.45. The highest BCUT2D eigenvalue weighted by atomic mass is 16.3. The fraction of sp³-hybridized carbons (Fsp3) is 0.533. The van der Waals surface area contributed by atoms with Crippen LogP contribution in [0.5, 0.6) is 0 Å². The molecule has 0 aliphatic rings. The Bertz CT molecular complexity index is 518. The number of pyridine rings is 1. The number of hydrogen-bond donors (Lipinski definition) is 1. The molecule has 1 N–H and O–H groups in total. The zero-order valence-electron chi connectivity index (χ0n) is 11.4. The Labute approximate surface area is 108 Å². The number of fused-ring (bicyclic) bond motifs is 1. The van der Waals surface area contributed by atoms with Gasteiger partial charge in [-0.3, -0.25) is 0 Å². The molecule has 0 aliphatic heterocycles. The van der Waals surface area contributed by atoms with Crippen molar-refractivity contribution in [3.05, 3.63) is 35.9 Å². The van der Waals surface area contributed by atoms with E-state index in [9.17, 15) is 5.11 Å². The molecule has 0 saturated heterocycles. The molecule has 2 aromatic rings. The highest BCUT2D eigenvalue weighted by molar-refractivity contribution is 5.48. The van der Waals surface area contributed by atoms with Gasteiger partial charge in [0.1, 0.15) is 0 Å². The predicted molar refractivity (Wildman–Crippen MR) is 73.6 cm³/mol. The van der Waals surface area contributed by atoms with Crippen molar-refractivity contribution in [2.45, 2.75) is 46.1 Å². The van der Waals surface area contributed by atoms with E-state index in [0.717, 1.165) is 36.0 Å². The van der Waals surface area contributed by atoms with E-state index in [-0.39, 0.29) is 0 Å². The van der Waals surface area contributed by atoms with Crippen molar-refractivity contribution in [2.75, 3.05) is 0 Å². The maximum absolute atomic E-state index is 10.7. The summed E-state index contributed by atoms with van der Waals surface area (Å²) in [6, 6.07) is 4.10. The van der Waals surface area contributed by atoms with Crippen LogP contribution in [0.2, 0.25) is 0 Å². The number of aliphatic hydroxyl groups excluding tert-OH is 1. The zero-order chi connectivity index (χ0) is 13.1. The first kappa shape index (κ1) is 13.1. The van der Waals surface area contributed by atoms with Gasteiger partial charge in [0.05, 0.1) is 29.8 Å². The van der Waals surface area contributed by atoms with Gasteiger partial charge in [-0.25, -0.2) is 4.98 Å². The van der Waals surface area contributed by atoms with E-state index in [4.69, 9.17) is 0 Å². The zero-order valence-corrected chi connectivity index (χ0v) is 11.4. The average molecular weight is 246 g/mol. The Morgan fingerprint density at radius 2 is 2.11 bits per heavy atom. The number of nitrogens with zero attached hydrogens (tertiary/aromatic N) is 2. The standard InChI is InChI=1S/C15H22N2O/c1-4-6-12(5-2)15(18)14-11(3)7-8-13-9-16-10-17(13)14/h7-10,12,15,18H,4-6H2,1-3H3. The SMILES string of the molecule is CCCC(CC)C(O)c1c(C)ccc2cncn12. The molecule has 3 nitrogen and oxygen atoms in total. The summed E-state index contributed by atoms with van der Waals surface area (Å²) < 4.78 is 2.01. The van der Waals surface area contributed by atoms with Crippen molar-refractivity contribution < 1.29 is 5.11 Å². The molecule has 2 heterocycles. The van der Waals surface area contributed by atoms with Crippen molar-refractivity contribution in [1.29, 1.82) is 0 Å². The van der Waals surface area contributed by atoms with E-state index in [2.05, 4.69) is 31.8 Å². The van der Waals surface area contributed by atoms with Gasteiger partial charge >= 0.3 is 0 Å². The van der Waals surface area contributed by atoms with Crippen molar-refractivity contribution >= 4 is 5.52 Å². The third-order valence-corrected chi connectivity index (χ3v) is 3.75. The predicted octanol–water partition coefficient (Wildman–Crippen LogP) is 3.50. The Morgan fingerprint density at radius 1 is 1.33 bits per heavy atom. The molecule has 98 valence electrons. The van der Waals surface area contributed by atoms with E-state index in [1.807, 2.05) is 16.7 Å². The van der Waals surface area contributed by atoms with Crippen LogP contribution in [0.15, 0.2) is 24.7 Å². The van der Waals surface area contributed by atoms with Crippen LogP contribution in [-0.4, -0.2) is 14.5 Å². The summed E-state index contributed by atoms with van der Waals surface area (Å²) in [6.07, 6.45) is 6.37. The molecule has 0 aromatic carbocycles. The number of hydrogen-bond acceptors (Lipinski definition) is 2. The van der Waals surface area contributed by atoms with E-state index in [1.165, 1.54) is 0 Å². The van der Waals surface area contributed by atoms with E-state index in [0.29, 0.717) is 5.92 Å². The highest BCUT2D eigenvalue weighted by Crippen LogP contribution is 2.30. The normalized spacial score (nSPS) is 14.9. The maximum atomic E-state index is 10.7. The molecule has 0 aliphatic carbocycles. The fourth-order valence-electron chi connectivity index (χ4n) is 2.67. The second kappa shape index (κ2) is 5.53. The van der Waals surface area contributed by atoms with Crippen LogP contribution in [0.1, 0.15) is 50.5 Å². The van der Waals surface area contributed by atoms with E-state index >= 15 is 0 Å². The molecule has 2 atom stereocenters. The molecule has 3 heteroatoms. The van der Waals surface area contributed by atoms with Crippen LogP contribution >= 0.6 is 0 Å². The first-order valence-electron chi connectivity index (χ1n) is 6.78. The first-order chi connectivity index (χ1) is 8.69. The molecule has 0 saturated carbocycles. The molecule has 0 bridgehead atoms. The largest absolute Gasteiger partial charge is 0.387 e. The second-order valence-electron chi connectivity index (χ2n) is 4.99. The lowest BCUT2D eigenvalue weighted by molar-refractivity contribution is 0.0941. The topological polar surface area (TPSA) is 37.5 Å². The molecule has 2 unspecified atom stereocenters. The van der Waals surface area contributed by atoms with Gasteiger partial charge in [0, 0.05) is 0 Å². The van der Waals surface area contributed by atoms with Crippen molar-refractivity contribution in [3.63, 3.8) is 0 Å². The number of aromatic nitrogens is 2. The molecule has 0 radical (unpaired) electrons. The van der Waals surface area contributed by atoms with E-state index < -0.39 is 6.10 Å². The summed E-state index contributed by atoms with van der Waals surface area (Å²) in [5.74, 6) is 0.321. The minimum Gasteiger partial charge on any atom is -0.387 e. The molecule has 2 rings (SSSR count). The lowest BCUT2D eigenvalue weighted by Gasteiger charge is -2.24. The van der Waals surface area contributed by atoms with E-state index in [1.54, 1.807) is 6.33 Å². The lowest BCUT2D eigenvalue weighted by Crippen LogP contribution is -2.16. The summed E-state index contributed by atoms with van der Waals surface area (Å²) in [4.78, 5) is 4.17. The number of aryl methyl sites for hydroxylation is 1. The second-order valence-corrected chi connectivity index (χ2v) is 4.99. The average Bonchev–Trinajstić information content (AvgIpc) is 2.83. The molecular weight excluding hydrogens is 224 g/mol. The van der Waals surface area contributed by atoms with Crippen LogP contribution in [0, 0.1) is 12.8 Å². The summed E-state index contributed by atoms with van der Waals surface area (Å²) >= 11 is 0. The summed E-state index contributed by atoms with van der Waals surface area (Å²) in [5, 5.41) is 10.7. The molecule has 0 fully saturated rings. The fourth-order valence-corrected chi connectivity index (χ4v) is 2.67. The highest BCUT2D eigenvalue weighted by Gasteiger charge is 2.22. The minimum absolute atomic E-state index is 0.321. The summed E-state index contributed by atoms with van der Waals surface area (Å²) in [7, 11) is 0. The Kier molecular flexibility index (Phi) is 4.02. The summed E-state index contributed by atoms with van der Waals surface area (Å²) in [6.45, 7) is 6.36. The van der Waals surface area contributed by atoms with Crippen molar-refractivity contribution in [3.8, 4) is 0 Å². The molecule has 0 spiro atoms. The third kappa shape index (κ3) is 2.27. The van der Waals surface area contributed by atoms with Gasteiger partial charge in [-0.2, -0.15) is 0 Å². The third-order valence-electron chi connectivity index (χ3n) is 3.75. The maximum Gasteiger partial charge on any atom is 0.0995 e. The van der Waals surface area contributed by atoms with Gasteiger partial charge in [-0.1, -0.05) is 32.8 Å². The molecule has 2 aromatic heterocycles. The van der Waals surface area contributed by atoms with Crippen LogP contribution in [-0.2, 0) is 0 Å². The minimum atomic E-state index is -0.409. The number of aliphatic hydroxyl groups is 1. The van der Waals surface area contributed by atoms with Gasteiger partial charge < -0.3 is 9.51 Å². The van der Waals surface area contributed by atoms with Crippen molar-refractivity contribution in [1.82, 2.24) is 9.38 Å². The molecule has 0 amide bonds. The Hall–Kier alpha value is -1.35. The number of imidazole rings is 1. The smallest absolute Gasteiger partial charge is 0.0995 e. The van der Waals surface area contributed by atoms with Crippen molar-refractivity contribution in [2.24, 2.45) is 5.92 Å². The molecule has 18 heavy (non-hydrogen) atoms. The van der Waals surface area contributed by atoms with Gasteiger partial charge in [0.2, 0.25) is 0 Å². The van der Waals surface area contributed by atoms with Crippen LogP contribution in [0.3, 0.4) is 0 Å². The quantitative estimate of drug-likeness (QED) is 0.876. The van der Waals surface area contributed by atoms with Gasteiger partial charge in [-0.05, 0) is 30.9 Å². The summed E-state index contributed by atoms with van der Waals surface area (Å²) in [5.41, 5.74) is 3.16. The Morgan fingerprint density at radius 3 is 2.78 bits per heavy atom. The van der Waals surface area contributed by atoms with Gasteiger partial charge in [-0.15, -0.1) is 0 Å². The number of rotatable bonds is 5. The molecular formula is C15H22N2O. The van der Waals surface area contributed by atoms with Crippen LogP contribution in [0.4, 0.5) is 0 Å². The first-order valence-corrected chi connectivity index (χ1v) is 6.78. The van der Waals surface area contributed by atoms with Gasteiger partial charge in [0.25, 0.3) is 0 Å².